The van der Waals surface area contributed by atoms with Crippen molar-refractivity contribution in [3.8, 4) is 28.5 Å². The molecule has 0 spiro atoms. The Bertz CT molecular complexity index is 1240. The van der Waals surface area contributed by atoms with Crippen LogP contribution in [0.25, 0.3) is 22.5 Å². The molecule has 0 bridgehead atoms. The zero-order valence-electron chi connectivity index (χ0n) is 15.5. The highest BCUT2D eigenvalue weighted by molar-refractivity contribution is 6.34. The van der Waals surface area contributed by atoms with Gasteiger partial charge in [0, 0.05) is 11.1 Å². The normalized spacial score (nSPS) is 10.4. The van der Waals surface area contributed by atoms with Gasteiger partial charge in [-0.25, -0.2) is 4.39 Å². The molecule has 0 aliphatic heterocycles. The van der Waals surface area contributed by atoms with Gasteiger partial charge in [0.25, 0.3) is 5.91 Å². The van der Waals surface area contributed by atoms with E-state index in [2.05, 4.69) is 11.4 Å². The number of anilines is 1. The zero-order valence-corrected chi connectivity index (χ0v) is 16.3. The molecule has 0 unspecified atom stereocenters. The first-order chi connectivity index (χ1) is 14.6. The molecule has 146 valence electrons. The molecule has 4 rings (SSSR count). The first-order valence-electron chi connectivity index (χ1n) is 9.03. The van der Waals surface area contributed by atoms with Crippen LogP contribution in [0.15, 0.2) is 83.3 Å². The van der Waals surface area contributed by atoms with Gasteiger partial charge < -0.3 is 4.42 Å². The summed E-state index contributed by atoms with van der Waals surface area (Å²) in [4.78, 5) is 12.7. The third-order valence-corrected chi connectivity index (χ3v) is 4.85. The smallest absolute Gasteiger partial charge is 0.262 e. The largest absolute Gasteiger partial charge is 0.438 e. The number of nitrogens with one attached hydrogen (secondary N) is 1. The van der Waals surface area contributed by atoms with Crippen molar-refractivity contribution in [1.29, 1.82) is 5.26 Å². The highest BCUT2D eigenvalue weighted by Crippen LogP contribution is 2.41. The monoisotopic (exact) mass is 416 g/mol. The van der Waals surface area contributed by atoms with Crippen LogP contribution in [0.4, 0.5) is 10.3 Å². The van der Waals surface area contributed by atoms with Gasteiger partial charge in [-0.05, 0) is 17.7 Å². The van der Waals surface area contributed by atoms with Crippen LogP contribution in [0.3, 0.4) is 0 Å². The first-order valence-corrected chi connectivity index (χ1v) is 9.41. The van der Waals surface area contributed by atoms with E-state index < -0.39 is 11.7 Å². The van der Waals surface area contributed by atoms with Crippen LogP contribution in [-0.2, 0) is 0 Å². The van der Waals surface area contributed by atoms with E-state index in [1.807, 2.05) is 60.7 Å². The van der Waals surface area contributed by atoms with Crippen molar-refractivity contribution >= 4 is 23.4 Å². The van der Waals surface area contributed by atoms with E-state index in [-0.39, 0.29) is 22.0 Å². The molecule has 0 aliphatic carbocycles. The van der Waals surface area contributed by atoms with Gasteiger partial charge in [0.05, 0.1) is 10.6 Å². The maximum atomic E-state index is 14.2. The molecule has 1 N–H and O–H groups in total. The summed E-state index contributed by atoms with van der Waals surface area (Å²) in [6.07, 6.45) is 0. The molecule has 0 fully saturated rings. The molecule has 0 atom stereocenters. The lowest BCUT2D eigenvalue weighted by molar-refractivity contribution is 0.102. The molecular weight excluding hydrogens is 403 g/mol. The molecule has 4 aromatic rings. The van der Waals surface area contributed by atoms with Crippen LogP contribution in [0.1, 0.15) is 15.9 Å². The molecule has 0 saturated heterocycles. The van der Waals surface area contributed by atoms with Crippen LogP contribution in [0.5, 0.6) is 0 Å². The Morgan fingerprint density at radius 2 is 1.57 bits per heavy atom. The summed E-state index contributed by atoms with van der Waals surface area (Å²) in [7, 11) is 0. The fourth-order valence-electron chi connectivity index (χ4n) is 3.18. The summed E-state index contributed by atoms with van der Waals surface area (Å²) in [5, 5.41) is 12.3. The number of benzene rings is 3. The second-order valence-corrected chi connectivity index (χ2v) is 6.81. The van der Waals surface area contributed by atoms with Gasteiger partial charge in [-0.3, -0.25) is 10.1 Å². The zero-order chi connectivity index (χ0) is 21.1. The van der Waals surface area contributed by atoms with E-state index >= 15 is 0 Å². The predicted octanol–water partition coefficient (Wildman–Crippen LogP) is 6.53. The fraction of sp³-hybridized carbons (Fsp3) is 0. The van der Waals surface area contributed by atoms with Crippen molar-refractivity contribution in [2.75, 3.05) is 5.32 Å². The van der Waals surface area contributed by atoms with Gasteiger partial charge in [0.1, 0.15) is 23.2 Å². The van der Waals surface area contributed by atoms with E-state index in [0.717, 1.165) is 17.2 Å². The van der Waals surface area contributed by atoms with Gasteiger partial charge in [-0.1, -0.05) is 78.3 Å². The average molecular weight is 417 g/mol. The molecule has 0 saturated carbocycles. The van der Waals surface area contributed by atoms with Crippen LogP contribution in [-0.4, -0.2) is 5.91 Å². The molecular formula is C24H14ClFN2O2. The molecule has 30 heavy (non-hydrogen) atoms. The summed E-state index contributed by atoms with van der Waals surface area (Å²) >= 11 is 6.00. The number of rotatable bonds is 4. The SMILES string of the molecule is N#Cc1c(NC(=O)c2c(F)cccc2Cl)oc(-c2ccccc2)c1-c1ccccc1. The first kappa shape index (κ1) is 19.4. The Balaban J connectivity index is 1.86. The Hall–Kier alpha value is -3.88. The van der Waals surface area contributed by atoms with Crippen molar-refractivity contribution < 1.29 is 13.6 Å². The second-order valence-electron chi connectivity index (χ2n) is 6.40. The lowest BCUT2D eigenvalue weighted by atomic mass is 9.98. The van der Waals surface area contributed by atoms with E-state index in [0.29, 0.717) is 11.3 Å². The summed E-state index contributed by atoms with van der Waals surface area (Å²) < 4.78 is 20.1. The lowest BCUT2D eigenvalue weighted by Crippen LogP contribution is -2.14. The molecule has 4 nitrogen and oxygen atoms in total. The number of carbonyl (C=O) groups is 1. The number of halogens is 2. The van der Waals surface area contributed by atoms with Crippen molar-refractivity contribution in [3.05, 3.63) is 101 Å². The molecule has 6 heteroatoms. The fourth-order valence-corrected chi connectivity index (χ4v) is 3.43. The third kappa shape index (κ3) is 3.57. The molecule has 0 aliphatic rings. The van der Waals surface area contributed by atoms with Gasteiger partial charge in [-0.2, -0.15) is 5.26 Å². The summed E-state index contributed by atoms with van der Waals surface area (Å²) in [5.74, 6) is -1.22. The number of furan rings is 1. The van der Waals surface area contributed by atoms with Crippen molar-refractivity contribution in [1.82, 2.24) is 0 Å². The van der Waals surface area contributed by atoms with E-state index in [4.69, 9.17) is 16.0 Å². The van der Waals surface area contributed by atoms with Crippen molar-refractivity contribution in [2.24, 2.45) is 0 Å². The van der Waals surface area contributed by atoms with E-state index in [9.17, 15) is 14.4 Å². The standard InChI is InChI=1S/C24H14ClFN2O2/c25-18-12-7-13-19(26)21(18)23(29)28-24-17(14-27)20(15-8-3-1-4-9-15)22(30-24)16-10-5-2-6-11-16/h1-13H,(H,28,29). The number of carbonyl (C=O) groups excluding carboxylic acids is 1. The quantitative estimate of drug-likeness (QED) is 0.411. The number of hydrogen-bond donors (Lipinski definition) is 1. The van der Waals surface area contributed by atoms with Crippen LogP contribution >= 0.6 is 11.6 Å². The van der Waals surface area contributed by atoms with Gasteiger partial charge in [0.2, 0.25) is 5.88 Å². The van der Waals surface area contributed by atoms with Gasteiger partial charge in [0.15, 0.2) is 0 Å². The van der Waals surface area contributed by atoms with Crippen LogP contribution < -0.4 is 5.32 Å². The number of hydrogen-bond acceptors (Lipinski definition) is 3. The number of nitriles is 1. The molecule has 3 aromatic carbocycles. The average Bonchev–Trinajstić information content (AvgIpc) is 3.13. The van der Waals surface area contributed by atoms with E-state index in [1.54, 1.807) is 0 Å². The molecule has 0 radical (unpaired) electrons. The minimum absolute atomic E-state index is 0.0378. The predicted molar refractivity (Wildman–Crippen MR) is 114 cm³/mol. The second kappa shape index (κ2) is 8.24. The summed E-state index contributed by atoms with van der Waals surface area (Å²) in [5.41, 5.74) is 1.85. The Labute approximate surface area is 177 Å². The maximum Gasteiger partial charge on any atom is 0.262 e. The van der Waals surface area contributed by atoms with Crippen LogP contribution in [0.2, 0.25) is 5.02 Å². The highest BCUT2D eigenvalue weighted by Gasteiger charge is 2.25. The Morgan fingerprint density at radius 3 is 2.17 bits per heavy atom. The Kier molecular flexibility index (Phi) is 5.34. The van der Waals surface area contributed by atoms with Crippen molar-refractivity contribution in [3.63, 3.8) is 0 Å². The lowest BCUT2D eigenvalue weighted by Gasteiger charge is -2.06. The minimum atomic E-state index is -0.803. The van der Waals surface area contributed by atoms with Gasteiger partial charge in [-0.15, -0.1) is 0 Å². The maximum absolute atomic E-state index is 14.2. The molecule has 1 amide bonds. The highest BCUT2D eigenvalue weighted by atomic mass is 35.5. The molecule has 1 aromatic heterocycles. The third-order valence-electron chi connectivity index (χ3n) is 4.54. The molecule has 1 heterocycles. The van der Waals surface area contributed by atoms with Gasteiger partial charge >= 0.3 is 0 Å². The van der Waals surface area contributed by atoms with Crippen LogP contribution in [0, 0.1) is 17.1 Å². The minimum Gasteiger partial charge on any atom is -0.438 e. The number of nitrogens with zero attached hydrogens (tertiary/aromatic N) is 1. The topological polar surface area (TPSA) is 66.0 Å². The van der Waals surface area contributed by atoms with E-state index in [1.165, 1.54) is 12.1 Å². The van der Waals surface area contributed by atoms with Crippen molar-refractivity contribution in [2.45, 2.75) is 0 Å². The Morgan fingerprint density at radius 1 is 0.933 bits per heavy atom. The summed E-state index contributed by atoms with van der Waals surface area (Å²) in [6.45, 7) is 0. The summed E-state index contributed by atoms with van der Waals surface area (Å²) in [6, 6.07) is 24.5. The number of amides is 1.